The molecule has 1 fully saturated rings. The molecule has 6 heteroatoms. The molecule has 3 rings (SSSR count). The Kier molecular flexibility index (Phi) is 3.83. The maximum absolute atomic E-state index is 13.0. The van der Waals surface area contributed by atoms with Crippen molar-refractivity contribution in [3.63, 3.8) is 0 Å². The average Bonchev–Trinajstić information content (AvgIpc) is 2.81. The number of benzene rings is 1. The summed E-state index contributed by atoms with van der Waals surface area (Å²) in [5.41, 5.74) is 2.27. The van der Waals surface area contributed by atoms with E-state index < -0.39 is 0 Å². The molecule has 116 valence electrons. The second-order valence-electron chi connectivity index (χ2n) is 5.40. The van der Waals surface area contributed by atoms with Gasteiger partial charge in [-0.2, -0.15) is 0 Å². The van der Waals surface area contributed by atoms with E-state index in [1.54, 1.807) is 24.0 Å². The van der Waals surface area contributed by atoms with Crippen molar-refractivity contribution in [1.29, 1.82) is 0 Å². The van der Waals surface area contributed by atoms with Crippen molar-refractivity contribution in [2.24, 2.45) is 0 Å². The van der Waals surface area contributed by atoms with Crippen molar-refractivity contribution in [2.75, 3.05) is 11.9 Å². The molecule has 0 aliphatic carbocycles. The number of nitrogens with one attached hydrogen (secondary N) is 1. The minimum Gasteiger partial charge on any atom is -0.359 e. The van der Waals surface area contributed by atoms with Crippen LogP contribution in [0.5, 0.6) is 0 Å². The van der Waals surface area contributed by atoms with Crippen LogP contribution in [-0.2, 0) is 6.42 Å². The summed E-state index contributed by atoms with van der Waals surface area (Å²) in [5.74, 6) is 0.400. The lowest BCUT2D eigenvalue weighted by molar-refractivity contribution is 0.126. The number of aryl methyl sites for hydroxylation is 2. The first-order valence-corrected chi connectivity index (χ1v) is 7.38. The quantitative estimate of drug-likeness (QED) is 0.941. The van der Waals surface area contributed by atoms with Gasteiger partial charge in [0.2, 0.25) is 0 Å². The predicted octanol–water partition coefficient (Wildman–Crippen LogP) is 3.66. The molecular formula is C16H18FN3O2. The Labute approximate surface area is 128 Å². The van der Waals surface area contributed by atoms with E-state index in [1.807, 2.05) is 6.92 Å². The van der Waals surface area contributed by atoms with Crippen LogP contribution in [0, 0.1) is 12.7 Å². The molecule has 1 aliphatic heterocycles. The molecule has 1 atom stereocenters. The highest BCUT2D eigenvalue weighted by molar-refractivity contribution is 5.91. The minimum atomic E-state index is -0.272. The van der Waals surface area contributed by atoms with Gasteiger partial charge in [-0.3, -0.25) is 0 Å². The van der Waals surface area contributed by atoms with E-state index in [9.17, 15) is 9.18 Å². The summed E-state index contributed by atoms with van der Waals surface area (Å²) < 4.78 is 18.2. The van der Waals surface area contributed by atoms with Gasteiger partial charge in [-0.25, -0.2) is 9.18 Å². The van der Waals surface area contributed by atoms with Crippen LogP contribution < -0.4 is 5.32 Å². The number of rotatable bonds is 3. The van der Waals surface area contributed by atoms with Gasteiger partial charge in [0.25, 0.3) is 0 Å². The molecular weight excluding hydrogens is 285 g/mol. The molecule has 0 spiro atoms. The Morgan fingerprint density at radius 3 is 2.77 bits per heavy atom. The number of carbonyl (C=O) groups excluding carboxylic acids is 1. The van der Waals surface area contributed by atoms with E-state index in [4.69, 9.17) is 4.52 Å². The van der Waals surface area contributed by atoms with Gasteiger partial charge in [-0.15, -0.1) is 0 Å². The monoisotopic (exact) mass is 303 g/mol. The number of carbonyl (C=O) groups is 1. The zero-order chi connectivity index (χ0) is 15.7. The number of aromatic nitrogens is 1. The third kappa shape index (κ3) is 2.56. The second-order valence-corrected chi connectivity index (χ2v) is 5.40. The van der Waals surface area contributed by atoms with Crippen LogP contribution in [-0.4, -0.2) is 22.6 Å². The highest BCUT2D eigenvalue weighted by atomic mass is 19.1. The van der Waals surface area contributed by atoms with Gasteiger partial charge in [0.15, 0.2) is 5.76 Å². The molecule has 1 aliphatic rings. The van der Waals surface area contributed by atoms with Crippen LogP contribution in [0.1, 0.15) is 36.4 Å². The van der Waals surface area contributed by atoms with Crippen LogP contribution in [0.4, 0.5) is 14.9 Å². The molecule has 1 aromatic carbocycles. The third-order valence-electron chi connectivity index (χ3n) is 4.02. The number of halogens is 1. The van der Waals surface area contributed by atoms with Crippen LogP contribution in [0.25, 0.3) is 0 Å². The Hall–Kier alpha value is -2.37. The molecule has 1 unspecified atom stereocenters. The first kappa shape index (κ1) is 14.6. The van der Waals surface area contributed by atoms with Crippen LogP contribution in [0.15, 0.2) is 28.8 Å². The second kappa shape index (κ2) is 5.79. The van der Waals surface area contributed by atoms with Crippen LogP contribution in [0.2, 0.25) is 0 Å². The van der Waals surface area contributed by atoms with Crippen molar-refractivity contribution < 1.29 is 13.7 Å². The van der Waals surface area contributed by atoms with Gasteiger partial charge in [-0.1, -0.05) is 24.2 Å². The van der Waals surface area contributed by atoms with Gasteiger partial charge in [0, 0.05) is 13.0 Å². The van der Waals surface area contributed by atoms with E-state index >= 15 is 0 Å². The Bertz CT molecular complexity index is 681. The van der Waals surface area contributed by atoms with Gasteiger partial charge in [0.1, 0.15) is 17.2 Å². The number of anilines is 1. The molecule has 22 heavy (non-hydrogen) atoms. The van der Waals surface area contributed by atoms with Crippen molar-refractivity contribution in [2.45, 2.75) is 32.7 Å². The summed E-state index contributed by atoms with van der Waals surface area (Å²) in [6, 6.07) is 6.10. The SMILES string of the molecule is CCc1onc(C)c1NC(=O)N1CCC1c1ccc(F)cc1. The lowest BCUT2D eigenvalue weighted by Crippen LogP contribution is -2.47. The smallest absolute Gasteiger partial charge is 0.322 e. The van der Waals surface area contributed by atoms with E-state index in [0.717, 1.165) is 12.0 Å². The average molecular weight is 303 g/mol. The molecule has 2 heterocycles. The summed E-state index contributed by atoms with van der Waals surface area (Å²) in [7, 11) is 0. The third-order valence-corrected chi connectivity index (χ3v) is 4.02. The Morgan fingerprint density at radius 1 is 1.45 bits per heavy atom. The van der Waals surface area contributed by atoms with Crippen molar-refractivity contribution in [1.82, 2.24) is 10.1 Å². The molecule has 2 aromatic rings. The van der Waals surface area contributed by atoms with Gasteiger partial charge < -0.3 is 14.7 Å². The first-order valence-electron chi connectivity index (χ1n) is 7.38. The number of amides is 2. The van der Waals surface area contributed by atoms with Gasteiger partial charge in [0.05, 0.1) is 6.04 Å². The fourth-order valence-electron chi connectivity index (χ4n) is 2.66. The topological polar surface area (TPSA) is 58.4 Å². The predicted molar refractivity (Wildman–Crippen MR) is 80.1 cm³/mol. The van der Waals surface area contributed by atoms with E-state index in [1.165, 1.54) is 12.1 Å². The van der Waals surface area contributed by atoms with E-state index in [-0.39, 0.29) is 17.9 Å². The maximum atomic E-state index is 13.0. The molecule has 1 aromatic heterocycles. The normalized spacial score (nSPS) is 17.2. The molecule has 0 saturated carbocycles. The standard InChI is InChI=1S/C16H18FN3O2/c1-3-14-15(10(2)19-22-14)18-16(21)20-9-8-13(20)11-4-6-12(17)7-5-11/h4-7,13H,3,8-9H2,1-2H3,(H,18,21). The Morgan fingerprint density at radius 2 is 2.18 bits per heavy atom. The molecule has 2 amide bonds. The minimum absolute atomic E-state index is 0.00848. The largest absolute Gasteiger partial charge is 0.359 e. The fraction of sp³-hybridized carbons (Fsp3) is 0.375. The van der Waals surface area contributed by atoms with Crippen molar-refractivity contribution in [3.8, 4) is 0 Å². The summed E-state index contributed by atoms with van der Waals surface area (Å²) in [6.07, 6.45) is 1.54. The zero-order valence-corrected chi connectivity index (χ0v) is 12.6. The van der Waals surface area contributed by atoms with Gasteiger partial charge >= 0.3 is 6.03 Å². The lowest BCUT2D eigenvalue weighted by Gasteiger charge is -2.41. The number of nitrogens with zero attached hydrogens (tertiary/aromatic N) is 2. The summed E-state index contributed by atoms with van der Waals surface area (Å²) >= 11 is 0. The van der Waals surface area contributed by atoms with Crippen LogP contribution >= 0.6 is 0 Å². The summed E-state index contributed by atoms with van der Waals surface area (Å²) in [4.78, 5) is 14.2. The lowest BCUT2D eigenvalue weighted by atomic mass is 9.95. The fourth-order valence-corrected chi connectivity index (χ4v) is 2.66. The Balaban J connectivity index is 1.72. The number of likely N-dealkylation sites (tertiary alicyclic amines) is 1. The van der Waals surface area contributed by atoms with Crippen molar-refractivity contribution in [3.05, 3.63) is 47.1 Å². The highest BCUT2D eigenvalue weighted by Gasteiger charge is 2.34. The maximum Gasteiger partial charge on any atom is 0.322 e. The molecule has 1 N–H and O–H groups in total. The van der Waals surface area contributed by atoms with E-state index in [2.05, 4.69) is 10.5 Å². The van der Waals surface area contributed by atoms with Crippen LogP contribution in [0.3, 0.4) is 0 Å². The molecule has 1 saturated heterocycles. The first-order chi connectivity index (χ1) is 10.6. The summed E-state index contributed by atoms with van der Waals surface area (Å²) in [6.45, 7) is 4.42. The number of hydrogen-bond donors (Lipinski definition) is 1. The molecule has 0 radical (unpaired) electrons. The molecule has 5 nitrogen and oxygen atoms in total. The molecule has 0 bridgehead atoms. The highest BCUT2D eigenvalue weighted by Crippen LogP contribution is 2.34. The zero-order valence-electron chi connectivity index (χ0n) is 12.6. The van der Waals surface area contributed by atoms with Gasteiger partial charge in [-0.05, 0) is 31.0 Å². The van der Waals surface area contributed by atoms with E-state index in [0.29, 0.717) is 30.1 Å². The van der Waals surface area contributed by atoms with Crippen molar-refractivity contribution >= 4 is 11.7 Å². The number of urea groups is 1. The summed E-state index contributed by atoms with van der Waals surface area (Å²) in [5, 5.41) is 6.76. The number of hydrogen-bond acceptors (Lipinski definition) is 3.